The highest BCUT2D eigenvalue weighted by Gasteiger charge is 2.23. The van der Waals surface area contributed by atoms with Gasteiger partial charge in [0, 0.05) is 21.9 Å². The number of nitrogens with one attached hydrogen (secondary N) is 1. The summed E-state index contributed by atoms with van der Waals surface area (Å²) in [5.74, 6) is 0.969. The number of anilines is 1. The van der Waals surface area contributed by atoms with Crippen molar-refractivity contribution in [1.82, 2.24) is 14.9 Å². The summed E-state index contributed by atoms with van der Waals surface area (Å²) in [6.45, 7) is 0. The highest BCUT2D eigenvalue weighted by molar-refractivity contribution is 9.10. The Kier molecular flexibility index (Phi) is 4.23. The van der Waals surface area contributed by atoms with Gasteiger partial charge in [0.15, 0.2) is 0 Å². The first-order valence-corrected chi connectivity index (χ1v) is 8.63. The molecule has 3 rings (SSSR count). The molecule has 1 saturated carbocycles. The predicted octanol–water partition coefficient (Wildman–Crippen LogP) is 3.74. The Morgan fingerprint density at radius 2 is 2.00 bits per heavy atom. The van der Waals surface area contributed by atoms with Crippen LogP contribution >= 0.6 is 27.3 Å². The van der Waals surface area contributed by atoms with E-state index in [1.807, 2.05) is 0 Å². The van der Waals surface area contributed by atoms with Crippen molar-refractivity contribution in [1.29, 1.82) is 0 Å². The van der Waals surface area contributed by atoms with Crippen LogP contribution in [0.1, 0.15) is 25.7 Å². The Labute approximate surface area is 131 Å². The molecule has 108 valence electrons. The number of rotatable bonds is 3. The first kappa shape index (κ1) is 14.2. The summed E-state index contributed by atoms with van der Waals surface area (Å²) < 4.78 is 1.09. The van der Waals surface area contributed by atoms with Gasteiger partial charge in [-0.1, -0.05) is 0 Å². The highest BCUT2D eigenvalue weighted by Crippen LogP contribution is 2.34. The van der Waals surface area contributed by atoms with Gasteiger partial charge in [0.25, 0.3) is 0 Å². The van der Waals surface area contributed by atoms with E-state index in [1.165, 1.54) is 25.7 Å². The van der Waals surface area contributed by atoms with E-state index < -0.39 is 0 Å². The molecule has 1 N–H and O–H groups in total. The number of halogens is 1. The van der Waals surface area contributed by atoms with Crippen LogP contribution in [-0.2, 0) is 0 Å². The van der Waals surface area contributed by atoms with Crippen LogP contribution in [-0.4, -0.2) is 41.0 Å². The lowest BCUT2D eigenvalue weighted by Crippen LogP contribution is -2.36. The zero-order chi connectivity index (χ0) is 14.1. The van der Waals surface area contributed by atoms with E-state index in [0.29, 0.717) is 6.04 Å². The van der Waals surface area contributed by atoms with E-state index >= 15 is 0 Å². The number of aromatic nitrogens is 2. The van der Waals surface area contributed by atoms with Crippen LogP contribution in [0.5, 0.6) is 0 Å². The third kappa shape index (κ3) is 2.82. The Bertz CT molecular complexity index is 590. The number of nitrogens with zero attached hydrogens (tertiary/aromatic N) is 3. The van der Waals surface area contributed by atoms with Crippen molar-refractivity contribution < 1.29 is 0 Å². The van der Waals surface area contributed by atoms with Gasteiger partial charge >= 0.3 is 0 Å². The zero-order valence-corrected chi connectivity index (χ0v) is 14.2. The molecule has 0 bridgehead atoms. The second-order valence-corrected chi connectivity index (χ2v) is 7.31. The summed E-state index contributed by atoms with van der Waals surface area (Å²) in [6.07, 6.45) is 6.57. The lowest BCUT2D eigenvalue weighted by molar-refractivity contribution is 0.221. The molecule has 0 saturated heterocycles. The van der Waals surface area contributed by atoms with E-state index in [0.717, 1.165) is 26.5 Å². The molecule has 4 nitrogen and oxygen atoms in total. The van der Waals surface area contributed by atoms with E-state index in [1.54, 1.807) is 17.7 Å². The van der Waals surface area contributed by atoms with Crippen molar-refractivity contribution in [2.75, 3.05) is 19.4 Å². The molecule has 20 heavy (non-hydrogen) atoms. The Hall–Kier alpha value is -0.720. The third-order valence-corrected chi connectivity index (χ3v) is 5.91. The van der Waals surface area contributed by atoms with Crippen LogP contribution in [0.15, 0.2) is 16.2 Å². The quantitative estimate of drug-likeness (QED) is 0.911. The Morgan fingerprint density at radius 3 is 2.70 bits per heavy atom. The monoisotopic (exact) mass is 354 g/mol. The lowest BCUT2D eigenvalue weighted by Gasteiger charge is -2.33. The largest absolute Gasteiger partial charge is 0.367 e. The van der Waals surface area contributed by atoms with Crippen molar-refractivity contribution in [3.63, 3.8) is 0 Å². The molecule has 0 radical (unpaired) electrons. The number of hydrogen-bond donors (Lipinski definition) is 1. The van der Waals surface area contributed by atoms with Gasteiger partial charge in [-0.15, -0.1) is 11.3 Å². The minimum Gasteiger partial charge on any atom is -0.367 e. The molecule has 6 heteroatoms. The average molecular weight is 355 g/mol. The van der Waals surface area contributed by atoms with E-state index in [-0.39, 0.29) is 0 Å². The average Bonchev–Trinajstić information content (AvgIpc) is 2.82. The first-order valence-electron chi connectivity index (χ1n) is 6.96. The minimum atomic E-state index is 0.524. The molecule has 1 fully saturated rings. The maximum atomic E-state index is 4.43. The summed E-state index contributed by atoms with van der Waals surface area (Å²) in [5, 5.41) is 6.81. The summed E-state index contributed by atoms with van der Waals surface area (Å²) in [4.78, 5) is 12.1. The molecule has 2 heterocycles. The molecule has 0 atom stereocenters. The predicted molar refractivity (Wildman–Crippen MR) is 88.5 cm³/mol. The Balaban J connectivity index is 1.73. The molecule has 0 unspecified atom stereocenters. The highest BCUT2D eigenvalue weighted by atomic mass is 79.9. The first-order chi connectivity index (χ1) is 9.65. The standard InChI is InChI=1S/C14H19BrN4S/c1-19(2)10-5-3-9(4-6-10)18-13-12-11(15)7-20-14(12)17-8-16-13/h7-10H,3-6H2,1-2H3,(H,16,17,18). The number of hydrogen-bond acceptors (Lipinski definition) is 5. The van der Waals surface area contributed by atoms with E-state index in [4.69, 9.17) is 0 Å². The minimum absolute atomic E-state index is 0.524. The smallest absolute Gasteiger partial charge is 0.139 e. The molecule has 0 aromatic carbocycles. The van der Waals surface area contributed by atoms with Crippen molar-refractivity contribution in [3.05, 3.63) is 16.2 Å². The van der Waals surface area contributed by atoms with Crippen LogP contribution in [0.3, 0.4) is 0 Å². The van der Waals surface area contributed by atoms with Gasteiger partial charge in [0.05, 0.1) is 5.39 Å². The molecule has 0 amide bonds. The van der Waals surface area contributed by atoms with Gasteiger partial charge < -0.3 is 10.2 Å². The van der Waals surface area contributed by atoms with Crippen molar-refractivity contribution in [2.45, 2.75) is 37.8 Å². The van der Waals surface area contributed by atoms with Gasteiger partial charge in [0.1, 0.15) is 17.0 Å². The fourth-order valence-corrected chi connectivity index (χ4v) is 4.43. The summed E-state index contributed by atoms with van der Waals surface area (Å²) >= 11 is 5.24. The second kappa shape index (κ2) is 5.95. The molecule has 1 aliphatic carbocycles. The molecular formula is C14H19BrN4S. The molecule has 0 aliphatic heterocycles. The van der Waals surface area contributed by atoms with Crippen LogP contribution < -0.4 is 5.32 Å². The van der Waals surface area contributed by atoms with Gasteiger partial charge in [-0.2, -0.15) is 0 Å². The molecule has 1 aliphatic rings. The van der Waals surface area contributed by atoms with Crippen molar-refractivity contribution in [3.8, 4) is 0 Å². The van der Waals surface area contributed by atoms with Crippen molar-refractivity contribution >= 4 is 43.3 Å². The molecular weight excluding hydrogens is 336 g/mol. The second-order valence-electron chi connectivity index (χ2n) is 5.60. The Morgan fingerprint density at radius 1 is 1.25 bits per heavy atom. The fraction of sp³-hybridized carbons (Fsp3) is 0.571. The van der Waals surface area contributed by atoms with Crippen LogP contribution in [0.4, 0.5) is 5.82 Å². The maximum Gasteiger partial charge on any atom is 0.139 e. The fourth-order valence-electron chi connectivity index (χ4n) is 2.88. The van der Waals surface area contributed by atoms with Crippen LogP contribution in [0.25, 0.3) is 10.2 Å². The van der Waals surface area contributed by atoms with E-state index in [9.17, 15) is 0 Å². The SMILES string of the molecule is CN(C)C1CCC(Nc2ncnc3scc(Br)c23)CC1. The van der Waals surface area contributed by atoms with Gasteiger partial charge in [-0.25, -0.2) is 9.97 Å². The number of fused-ring (bicyclic) bond motifs is 1. The molecule has 2 aromatic rings. The summed E-state index contributed by atoms with van der Waals surface area (Å²) in [5.41, 5.74) is 0. The van der Waals surface area contributed by atoms with Crippen molar-refractivity contribution in [2.24, 2.45) is 0 Å². The lowest BCUT2D eigenvalue weighted by atomic mass is 9.90. The van der Waals surface area contributed by atoms with Gasteiger partial charge in [-0.05, 0) is 55.7 Å². The molecule has 2 aromatic heterocycles. The van der Waals surface area contributed by atoms with Gasteiger partial charge in [0.2, 0.25) is 0 Å². The third-order valence-electron chi connectivity index (χ3n) is 4.09. The summed E-state index contributed by atoms with van der Waals surface area (Å²) in [7, 11) is 4.35. The van der Waals surface area contributed by atoms with E-state index in [2.05, 4.69) is 55.6 Å². The topological polar surface area (TPSA) is 41.0 Å². The van der Waals surface area contributed by atoms with Crippen LogP contribution in [0, 0.1) is 0 Å². The zero-order valence-electron chi connectivity index (χ0n) is 11.8. The maximum absolute atomic E-state index is 4.43. The van der Waals surface area contributed by atoms with Crippen LogP contribution in [0.2, 0.25) is 0 Å². The number of thiophene rings is 1. The molecule has 0 spiro atoms. The summed E-state index contributed by atoms with van der Waals surface area (Å²) in [6, 6.07) is 1.25. The normalized spacial score (nSPS) is 23.4. The van der Waals surface area contributed by atoms with Gasteiger partial charge in [-0.3, -0.25) is 0 Å².